The van der Waals surface area contributed by atoms with E-state index in [1.165, 1.54) is 0 Å². The van der Waals surface area contributed by atoms with Gasteiger partial charge in [0.15, 0.2) is 5.96 Å². The average molecular weight is 498 g/mol. The van der Waals surface area contributed by atoms with Crippen molar-refractivity contribution in [1.82, 2.24) is 15.4 Å². The van der Waals surface area contributed by atoms with E-state index in [4.69, 9.17) is 4.74 Å². The first-order chi connectivity index (χ1) is 11.9. The number of aryl methyl sites for hydroxylation is 2. The molecule has 0 aliphatic rings. The number of hydrogen-bond donors (Lipinski definition) is 3. The molecule has 150 valence electrons. The highest BCUT2D eigenvalue weighted by Crippen LogP contribution is 2.16. The molecule has 0 bridgehead atoms. The summed E-state index contributed by atoms with van der Waals surface area (Å²) in [5.41, 5.74) is 1.64. The Labute approximate surface area is 174 Å². The van der Waals surface area contributed by atoms with Crippen molar-refractivity contribution in [2.24, 2.45) is 4.99 Å². The summed E-state index contributed by atoms with van der Waals surface area (Å²) in [7, 11) is -3.53. The van der Waals surface area contributed by atoms with Gasteiger partial charge in [-0.2, -0.15) is 0 Å². The summed E-state index contributed by atoms with van der Waals surface area (Å²) < 4.78 is 32.7. The summed E-state index contributed by atoms with van der Waals surface area (Å²) in [6.07, 6.45) is 0. The molecule has 0 saturated heterocycles. The first kappa shape index (κ1) is 25.1. The number of halogens is 1. The molecule has 0 saturated carbocycles. The van der Waals surface area contributed by atoms with Gasteiger partial charge in [0.25, 0.3) is 0 Å². The summed E-state index contributed by atoms with van der Waals surface area (Å²) in [5.74, 6) is 0.646. The molecule has 1 aromatic carbocycles. The number of rotatable bonds is 10. The zero-order valence-electron chi connectivity index (χ0n) is 16.0. The first-order valence-electron chi connectivity index (χ1n) is 8.57. The first-order valence-corrected chi connectivity index (χ1v) is 10.1. The molecule has 3 N–H and O–H groups in total. The lowest BCUT2D eigenvalue weighted by molar-refractivity contribution is 0.152. The predicted octanol–water partition coefficient (Wildman–Crippen LogP) is 1.79. The van der Waals surface area contributed by atoms with Crippen LogP contribution in [0.2, 0.25) is 0 Å². The smallest absolute Gasteiger partial charge is 0.240 e. The van der Waals surface area contributed by atoms with Crippen LogP contribution in [0.1, 0.15) is 25.0 Å². The molecule has 9 heteroatoms. The van der Waals surface area contributed by atoms with Crippen molar-refractivity contribution >= 4 is 40.0 Å². The van der Waals surface area contributed by atoms with Gasteiger partial charge in [0.05, 0.1) is 18.0 Å². The molecule has 7 nitrogen and oxygen atoms in total. The van der Waals surface area contributed by atoms with Gasteiger partial charge in [-0.15, -0.1) is 24.0 Å². The third-order valence-corrected chi connectivity index (χ3v) is 5.00. The molecule has 0 heterocycles. The lowest BCUT2D eigenvalue weighted by Crippen LogP contribution is -2.39. The highest BCUT2D eigenvalue weighted by atomic mass is 127. The van der Waals surface area contributed by atoms with Crippen LogP contribution in [-0.4, -0.2) is 53.8 Å². The molecule has 0 unspecified atom stereocenters. The SMILES string of the molecule is CCNC(=NCCNS(=O)(=O)c1cc(C)ccc1C)NCCOCC.I. The number of hydrogen-bond acceptors (Lipinski definition) is 4. The van der Waals surface area contributed by atoms with Crippen molar-refractivity contribution in [3.05, 3.63) is 29.3 Å². The van der Waals surface area contributed by atoms with Gasteiger partial charge in [-0.3, -0.25) is 4.99 Å². The topological polar surface area (TPSA) is 91.8 Å². The quantitative estimate of drug-likeness (QED) is 0.198. The minimum atomic E-state index is -3.53. The van der Waals surface area contributed by atoms with E-state index < -0.39 is 10.0 Å². The largest absolute Gasteiger partial charge is 0.380 e. The molecule has 0 radical (unpaired) electrons. The maximum atomic E-state index is 12.4. The van der Waals surface area contributed by atoms with Crippen LogP contribution in [0.3, 0.4) is 0 Å². The lowest BCUT2D eigenvalue weighted by atomic mass is 10.2. The third-order valence-electron chi connectivity index (χ3n) is 3.39. The molecular formula is C17H31IN4O3S. The Morgan fingerprint density at radius 3 is 2.54 bits per heavy atom. The summed E-state index contributed by atoms with van der Waals surface area (Å²) in [6.45, 7) is 10.8. The fourth-order valence-corrected chi connectivity index (χ4v) is 3.50. The van der Waals surface area contributed by atoms with Gasteiger partial charge in [-0.25, -0.2) is 13.1 Å². The van der Waals surface area contributed by atoms with E-state index >= 15 is 0 Å². The van der Waals surface area contributed by atoms with E-state index in [0.717, 1.165) is 17.7 Å². The van der Waals surface area contributed by atoms with E-state index in [9.17, 15) is 8.42 Å². The van der Waals surface area contributed by atoms with Crippen LogP contribution in [0.5, 0.6) is 0 Å². The van der Waals surface area contributed by atoms with E-state index in [2.05, 4.69) is 20.3 Å². The van der Waals surface area contributed by atoms with Crippen molar-refractivity contribution in [3.8, 4) is 0 Å². The fourth-order valence-electron chi connectivity index (χ4n) is 2.15. The van der Waals surface area contributed by atoms with Crippen LogP contribution in [0.15, 0.2) is 28.1 Å². The number of ether oxygens (including phenoxy) is 1. The van der Waals surface area contributed by atoms with Gasteiger partial charge >= 0.3 is 0 Å². The third kappa shape index (κ3) is 9.15. The summed E-state index contributed by atoms with van der Waals surface area (Å²) in [4.78, 5) is 4.68. The Morgan fingerprint density at radius 2 is 1.88 bits per heavy atom. The standard InChI is InChI=1S/C17H30N4O3S.HI/c1-5-18-17(20-11-12-24-6-2)19-9-10-21-25(22,23)16-13-14(3)7-8-15(16)4;/h7-8,13,21H,5-6,9-12H2,1-4H3,(H2,18,19,20);1H. The van der Waals surface area contributed by atoms with E-state index in [0.29, 0.717) is 37.2 Å². The van der Waals surface area contributed by atoms with Gasteiger partial charge in [-0.1, -0.05) is 12.1 Å². The highest BCUT2D eigenvalue weighted by Gasteiger charge is 2.16. The molecule has 0 fully saturated rings. The normalized spacial score (nSPS) is 11.8. The minimum Gasteiger partial charge on any atom is -0.380 e. The van der Waals surface area contributed by atoms with Gasteiger partial charge in [-0.05, 0) is 44.9 Å². The van der Waals surface area contributed by atoms with Crippen LogP contribution >= 0.6 is 24.0 Å². The summed E-state index contributed by atoms with van der Waals surface area (Å²) >= 11 is 0. The van der Waals surface area contributed by atoms with Crippen LogP contribution in [0.25, 0.3) is 0 Å². The Bertz CT molecular complexity index is 666. The Morgan fingerprint density at radius 1 is 1.15 bits per heavy atom. The van der Waals surface area contributed by atoms with Gasteiger partial charge in [0.1, 0.15) is 0 Å². The molecule has 0 aliphatic heterocycles. The fraction of sp³-hybridized carbons (Fsp3) is 0.588. The monoisotopic (exact) mass is 498 g/mol. The van der Waals surface area contributed by atoms with Crippen LogP contribution in [0.4, 0.5) is 0 Å². The maximum absolute atomic E-state index is 12.4. The molecular weight excluding hydrogens is 467 g/mol. The molecule has 0 spiro atoms. The van der Waals surface area contributed by atoms with Gasteiger partial charge in [0.2, 0.25) is 10.0 Å². The second-order valence-corrected chi connectivity index (χ2v) is 7.29. The number of benzene rings is 1. The van der Waals surface area contributed by atoms with Crippen molar-refractivity contribution < 1.29 is 13.2 Å². The molecule has 1 rings (SSSR count). The van der Waals surface area contributed by atoms with Gasteiger partial charge in [0, 0.05) is 26.2 Å². The highest BCUT2D eigenvalue weighted by molar-refractivity contribution is 14.0. The van der Waals surface area contributed by atoms with Crippen molar-refractivity contribution in [3.63, 3.8) is 0 Å². The number of guanidine groups is 1. The van der Waals surface area contributed by atoms with Gasteiger partial charge < -0.3 is 15.4 Å². The number of nitrogens with one attached hydrogen (secondary N) is 3. The predicted molar refractivity (Wildman–Crippen MR) is 117 cm³/mol. The zero-order chi connectivity index (χ0) is 18.7. The van der Waals surface area contributed by atoms with E-state index in [1.54, 1.807) is 13.0 Å². The van der Waals surface area contributed by atoms with Crippen molar-refractivity contribution in [2.45, 2.75) is 32.6 Å². The molecule has 1 aromatic rings. The average Bonchev–Trinajstić information content (AvgIpc) is 2.57. The molecule has 0 aromatic heterocycles. The Balaban J connectivity index is 0.00000625. The van der Waals surface area contributed by atoms with Crippen LogP contribution in [0, 0.1) is 13.8 Å². The number of sulfonamides is 1. The molecule has 26 heavy (non-hydrogen) atoms. The Kier molecular flexibility index (Phi) is 12.8. The number of aliphatic imine (C=N–C) groups is 1. The Hall–Kier alpha value is -0.910. The number of nitrogens with zero attached hydrogens (tertiary/aromatic N) is 1. The van der Waals surface area contributed by atoms with Crippen molar-refractivity contribution in [1.29, 1.82) is 0 Å². The van der Waals surface area contributed by atoms with Crippen molar-refractivity contribution in [2.75, 3.05) is 39.4 Å². The second-order valence-electron chi connectivity index (χ2n) is 5.55. The minimum absolute atomic E-state index is 0. The second kappa shape index (κ2) is 13.3. The molecule has 0 amide bonds. The van der Waals surface area contributed by atoms with Crippen LogP contribution < -0.4 is 15.4 Å². The maximum Gasteiger partial charge on any atom is 0.240 e. The van der Waals surface area contributed by atoms with E-state index in [-0.39, 0.29) is 30.5 Å². The lowest BCUT2D eigenvalue weighted by Gasteiger charge is -2.12. The summed E-state index contributed by atoms with van der Waals surface area (Å²) in [5, 5.41) is 6.25. The summed E-state index contributed by atoms with van der Waals surface area (Å²) in [6, 6.07) is 5.39. The van der Waals surface area contributed by atoms with E-state index in [1.807, 2.05) is 32.9 Å². The zero-order valence-corrected chi connectivity index (χ0v) is 19.1. The molecule has 0 aliphatic carbocycles. The molecule has 0 atom stereocenters. The van der Waals surface area contributed by atoms with Crippen LogP contribution in [-0.2, 0) is 14.8 Å².